The molecule has 1 aromatic carbocycles. The Morgan fingerprint density at radius 2 is 2.00 bits per heavy atom. The summed E-state index contributed by atoms with van der Waals surface area (Å²) in [4.78, 5) is 9.19. The standard InChI is InChI=1S/C17H28ClN5O2S/c1-3-19-17(20-8-5-9-21-26(2,24)25)23-12-10-22(11-13-23)16-7-4-6-15(18)14-16/h4,6-7,14,21H,3,5,8-13H2,1-2H3,(H,19,20). The molecule has 0 unspecified atom stereocenters. The van der Waals surface area contributed by atoms with Gasteiger partial charge in [-0.2, -0.15) is 0 Å². The number of nitrogens with one attached hydrogen (secondary N) is 2. The molecule has 1 aliphatic rings. The number of nitrogens with zero attached hydrogens (tertiary/aromatic N) is 3. The Labute approximate surface area is 161 Å². The molecule has 0 atom stereocenters. The van der Waals surface area contributed by atoms with E-state index >= 15 is 0 Å². The number of rotatable bonds is 7. The van der Waals surface area contributed by atoms with Gasteiger partial charge in [0.2, 0.25) is 10.0 Å². The zero-order valence-corrected chi connectivity index (χ0v) is 17.0. The second-order valence-corrected chi connectivity index (χ2v) is 8.48. The van der Waals surface area contributed by atoms with Gasteiger partial charge in [-0.15, -0.1) is 0 Å². The Balaban J connectivity index is 1.85. The SMILES string of the molecule is CCNC(=NCCCNS(C)(=O)=O)N1CCN(c2cccc(Cl)c2)CC1. The third kappa shape index (κ3) is 7.01. The van der Waals surface area contributed by atoms with Crippen LogP contribution in [-0.2, 0) is 10.0 Å². The summed E-state index contributed by atoms with van der Waals surface area (Å²) in [6.45, 7) is 7.39. The second kappa shape index (κ2) is 9.99. The van der Waals surface area contributed by atoms with E-state index < -0.39 is 10.0 Å². The lowest BCUT2D eigenvalue weighted by atomic mass is 10.2. The van der Waals surface area contributed by atoms with Crippen LogP contribution in [0, 0.1) is 0 Å². The summed E-state index contributed by atoms with van der Waals surface area (Å²) in [5, 5.41) is 4.07. The molecule has 1 aromatic rings. The molecule has 2 rings (SSSR count). The average Bonchev–Trinajstić information content (AvgIpc) is 2.60. The second-order valence-electron chi connectivity index (χ2n) is 6.21. The summed E-state index contributed by atoms with van der Waals surface area (Å²) in [6.07, 6.45) is 1.84. The smallest absolute Gasteiger partial charge is 0.208 e. The summed E-state index contributed by atoms with van der Waals surface area (Å²) in [6, 6.07) is 7.93. The first kappa shape index (κ1) is 20.8. The molecule has 1 fully saturated rings. The zero-order chi connectivity index (χ0) is 19.0. The minimum absolute atomic E-state index is 0.407. The van der Waals surface area contributed by atoms with Crippen molar-refractivity contribution in [2.75, 3.05) is 57.0 Å². The van der Waals surface area contributed by atoms with E-state index in [1.807, 2.05) is 25.1 Å². The molecule has 146 valence electrons. The molecule has 0 bridgehead atoms. The van der Waals surface area contributed by atoms with Crippen LogP contribution in [0.4, 0.5) is 5.69 Å². The van der Waals surface area contributed by atoms with Gasteiger partial charge in [-0.3, -0.25) is 4.99 Å². The van der Waals surface area contributed by atoms with Crippen LogP contribution in [0.5, 0.6) is 0 Å². The van der Waals surface area contributed by atoms with Gasteiger partial charge in [0.25, 0.3) is 0 Å². The van der Waals surface area contributed by atoms with E-state index in [2.05, 4.69) is 30.9 Å². The van der Waals surface area contributed by atoms with E-state index in [0.29, 0.717) is 19.5 Å². The van der Waals surface area contributed by atoms with Crippen molar-refractivity contribution >= 4 is 33.3 Å². The minimum Gasteiger partial charge on any atom is -0.368 e. The Kier molecular flexibility index (Phi) is 7.99. The van der Waals surface area contributed by atoms with Crippen molar-refractivity contribution < 1.29 is 8.42 Å². The van der Waals surface area contributed by atoms with Gasteiger partial charge in [-0.1, -0.05) is 17.7 Å². The first-order valence-electron chi connectivity index (χ1n) is 8.87. The lowest BCUT2D eigenvalue weighted by molar-refractivity contribution is 0.372. The van der Waals surface area contributed by atoms with Crippen LogP contribution in [0.25, 0.3) is 0 Å². The topological polar surface area (TPSA) is 77.0 Å². The van der Waals surface area contributed by atoms with E-state index in [9.17, 15) is 8.42 Å². The number of guanidine groups is 1. The van der Waals surface area contributed by atoms with E-state index in [1.165, 1.54) is 6.26 Å². The molecule has 1 heterocycles. The predicted molar refractivity (Wildman–Crippen MR) is 109 cm³/mol. The monoisotopic (exact) mass is 401 g/mol. The minimum atomic E-state index is -3.13. The number of anilines is 1. The van der Waals surface area contributed by atoms with Crippen molar-refractivity contribution in [3.63, 3.8) is 0 Å². The van der Waals surface area contributed by atoms with Crippen molar-refractivity contribution in [2.45, 2.75) is 13.3 Å². The van der Waals surface area contributed by atoms with Gasteiger partial charge in [-0.05, 0) is 31.5 Å². The predicted octanol–water partition coefficient (Wildman–Crippen LogP) is 1.37. The van der Waals surface area contributed by atoms with Crippen molar-refractivity contribution in [3.8, 4) is 0 Å². The van der Waals surface area contributed by atoms with Crippen LogP contribution in [0.15, 0.2) is 29.3 Å². The molecule has 2 N–H and O–H groups in total. The molecule has 9 heteroatoms. The number of halogens is 1. The van der Waals surface area contributed by atoms with E-state index in [1.54, 1.807) is 0 Å². The zero-order valence-electron chi connectivity index (χ0n) is 15.4. The van der Waals surface area contributed by atoms with Gasteiger partial charge < -0.3 is 15.1 Å². The number of hydrogen-bond acceptors (Lipinski definition) is 4. The van der Waals surface area contributed by atoms with Crippen molar-refractivity contribution in [1.82, 2.24) is 14.9 Å². The maximum absolute atomic E-state index is 11.1. The quantitative estimate of drug-likeness (QED) is 0.410. The van der Waals surface area contributed by atoms with Crippen molar-refractivity contribution in [2.24, 2.45) is 4.99 Å². The van der Waals surface area contributed by atoms with E-state index in [-0.39, 0.29) is 0 Å². The molecule has 26 heavy (non-hydrogen) atoms. The van der Waals surface area contributed by atoms with Gasteiger partial charge in [0.15, 0.2) is 5.96 Å². The molecular weight excluding hydrogens is 374 g/mol. The normalized spacial score (nSPS) is 16.0. The maximum Gasteiger partial charge on any atom is 0.208 e. The largest absolute Gasteiger partial charge is 0.368 e. The van der Waals surface area contributed by atoms with Gasteiger partial charge in [0, 0.05) is 56.5 Å². The van der Waals surface area contributed by atoms with Crippen LogP contribution in [0.1, 0.15) is 13.3 Å². The molecule has 0 aromatic heterocycles. The highest BCUT2D eigenvalue weighted by Gasteiger charge is 2.19. The molecule has 7 nitrogen and oxygen atoms in total. The summed E-state index contributed by atoms with van der Waals surface area (Å²) in [5.74, 6) is 0.887. The third-order valence-electron chi connectivity index (χ3n) is 4.05. The molecule has 0 saturated carbocycles. The van der Waals surface area contributed by atoms with Crippen molar-refractivity contribution in [3.05, 3.63) is 29.3 Å². The van der Waals surface area contributed by atoms with Gasteiger partial charge in [0.05, 0.1) is 6.26 Å². The van der Waals surface area contributed by atoms with Crippen LogP contribution in [0.2, 0.25) is 5.02 Å². The highest BCUT2D eigenvalue weighted by molar-refractivity contribution is 7.88. The molecule has 0 spiro atoms. The number of piperazine rings is 1. The summed E-state index contributed by atoms with van der Waals surface area (Å²) >= 11 is 6.09. The Morgan fingerprint density at radius 3 is 2.62 bits per heavy atom. The van der Waals surface area contributed by atoms with Gasteiger partial charge in [0.1, 0.15) is 0 Å². The summed E-state index contributed by atoms with van der Waals surface area (Å²) in [5.41, 5.74) is 1.14. The Bertz CT molecular complexity index is 703. The van der Waals surface area contributed by atoms with Gasteiger partial charge in [-0.25, -0.2) is 13.1 Å². The van der Waals surface area contributed by atoms with Crippen LogP contribution in [0.3, 0.4) is 0 Å². The van der Waals surface area contributed by atoms with Gasteiger partial charge >= 0.3 is 0 Å². The highest BCUT2D eigenvalue weighted by Crippen LogP contribution is 2.20. The van der Waals surface area contributed by atoms with Crippen LogP contribution >= 0.6 is 11.6 Å². The maximum atomic E-state index is 11.1. The number of aliphatic imine (C=N–C) groups is 1. The molecule has 0 radical (unpaired) electrons. The summed E-state index contributed by atoms with van der Waals surface area (Å²) < 4.78 is 24.6. The van der Waals surface area contributed by atoms with E-state index in [4.69, 9.17) is 11.6 Å². The third-order valence-corrected chi connectivity index (χ3v) is 5.01. The number of benzene rings is 1. The lowest BCUT2D eigenvalue weighted by Crippen LogP contribution is -2.52. The lowest BCUT2D eigenvalue weighted by Gasteiger charge is -2.37. The van der Waals surface area contributed by atoms with Crippen LogP contribution < -0.4 is 14.9 Å². The first-order chi connectivity index (χ1) is 12.4. The molecule has 1 aliphatic heterocycles. The Morgan fingerprint density at radius 1 is 1.27 bits per heavy atom. The highest BCUT2D eigenvalue weighted by atomic mass is 35.5. The summed E-state index contributed by atoms with van der Waals surface area (Å²) in [7, 11) is -3.13. The molecule has 1 saturated heterocycles. The molecule has 0 aliphatic carbocycles. The molecular formula is C17H28ClN5O2S. The Hall–Kier alpha value is -1.51. The van der Waals surface area contributed by atoms with E-state index in [0.717, 1.165) is 49.4 Å². The van der Waals surface area contributed by atoms with Crippen molar-refractivity contribution in [1.29, 1.82) is 0 Å². The fourth-order valence-electron chi connectivity index (χ4n) is 2.80. The van der Waals surface area contributed by atoms with Crippen LogP contribution in [-0.4, -0.2) is 71.3 Å². The number of hydrogen-bond donors (Lipinski definition) is 2. The molecule has 0 amide bonds. The fraction of sp³-hybridized carbons (Fsp3) is 0.588. The average molecular weight is 402 g/mol. The number of sulfonamides is 1. The fourth-order valence-corrected chi connectivity index (χ4v) is 3.50. The first-order valence-corrected chi connectivity index (χ1v) is 11.1.